The van der Waals surface area contributed by atoms with Crippen LogP contribution in [-0.4, -0.2) is 401 Å². The Morgan fingerprint density at radius 2 is 0.818 bits per heavy atom. The summed E-state index contributed by atoms with van der Waals surface area (Å²) in [5.41, 5.74) is -5.24. The minimum absolute atomic E-state index is 0.00489. The fraction of sp³-hybridized carbons (Fsp3) is 0.760. The molecule has 2 fully saturated rings. The van der Waals surface area contributed by atoms with Crippen molar-refractivity contribution in [1.29, 1.82) is 0 Å². The summed E-state index contributed by atoms with van der Waals surface area (Å²) in [4.78, 5) is 87.6. The van der Waals surface area contributed by atoms with Crippen molar-refractivity contribution in [2.45, 2.75) is 68.4 Å². The average molecular weight is 1860 g/mol. The summed E-state index contributed by atoms with van der Waals surface area (Å²) in [7, 11) is -4.05. The van der Waals surface area contributed by atoms with Gasteiger partial charge in [0.25, 0.3) is 0 Å². The highest BCUT2D eigenvalue weighted by molar-refractivity contribution is 8.02. The minimum Gasteiger partial charge on any atom is -0.458 e. The Morgan fingerprint density at radius 3 is 1.12 bits per heavy atom. The summed E-state index contributed by atoms with van der Waals surface area (Å²) < 4.78 is 146. The van der Waals surface area contributed by atoms with Gasteiger partial charge in [-0.3, -0.25) is 9.78 Å². The predicted molar refractivity (Wildman–Crippen MR) is 437 cm³/mol. The van der Waals surface area contributed by atoms with Crippen LogP contribution in [0.25, 0.3) is 0 Å². The molecule has 2 atom stereocenters. The van der Waals surface area contributed by atoms with Crippen LogP contribution in [0.5, 0.6) is 5.75 Å². The molecular weight excluding hydrogens is 1740 g/mol. The number of carbonyl (C=O) groups excluding carboxylic acids is 7. The van der Waals surface area contributed by atoms with Gasteiger partial charge in [-0.15, -0.1) is 11.8 Å². The van der Waals surface area contributed by atoms with E-state index in [1.807, 2.05) is 0 Å². The van der Waals surface area contributed by atoms with Gasteiger partial charge in [0.2, 0.25) is 15.9 Å². The number of esters is 1. The molecule has 4 rings (SSSR count). The lowest BCUT2D eigenvalue weighted by Gasteiger charge is -2.33. The zero-order valence-corrected chi connectivity index (χ0v) is 74.1. The number of ether oxygens (including phenoxy) is 22. The van der Waals surface area contributed by atoms with Gasteiger partial charge in [-0.05, 0) is 64.4 Å². The number of carbonyl (C=O) groups is 7. The molecule has 46 heteroatoms. The number of amides is 2. The van der Waals surface area contributed by atoms with Crippen molar-refractivity contribution in [3.63, 3.8) is 0 Å². The molecule has 0 bridgehead atoms. The zero-order chi connectivity index (χ0) is 89.2. The maximum absolute atomic E-state index is 13.8. The van der Waals surface area contributed by atoms with Crippen molar-refractivity contribution >= 4 is 108 Å². The first-order valence-electron chi connectivity index (χ1n) is 38.9. The molecule has 40 nitrogen and oxygen atoms in total. The van der Waals surface area contributed by atoms with Gasteiger partial charge < -0.3 is 140 Å². The predicted octanol–water partition coefficient (Wildman–Crippen LogP) is 4.08. The minimum atomic E-state index is -4.05. The summed E-state index contributed by atoms with van der Waals surface area (Å²) in [5, 5.41) is 41.1. The molecule has 0 aliphatic carbocycles. The second-order valence-corrected chi connectivity index (χ2v) is 32.2. The molecule has 121 heavy (non-hydrogen) atoms. The summed E-state index contributed by atoms with van der Waals surface area (Å²) in [5.74, 6) is -0.848. The number of hydrogen-bond acceptors (Lipinski definition) is 38. The molecule has 2 aliphatic heterocycles. The topological polar surface area (TPSA) is 481 Å². The first-order chi connectivity index (χ1) is 58.1. The zero-order valence-electron chi connectivity index (χ0n) is 69.4. The highest BCUT2D eigenvalue weighted by Gasteiger charge is 2.52. The van der Waals surface area contributed by atoms with Crippen molar-refractivity contribution in [3.05, 3.63) is 54.4 Å². The standard InChI is InChI=1S/C29H39N5O7S2.C25H40Cl4O16.C21H44O12/c1-28(2,3)41-26(36)23(17-20-8-10-21(11-9-20)40-27(37)33-15-13-30-14-16-33)32-25(35)24-29(4,5)42-19-34(24)43(38,39)22-7-6-12-31-18-22;26-21(30)42-13-9-34-1-5-38-17-25(18-39-6-2-35-10-14-43-22(27)31,19-40-7-3-36-11-15-44-23(28)32)20-41-8-4-37-12-16-45-24(29)33;22-1-5-26-9-13-30-17-21(18-31-14-10-27-6-2-23,19-32-15-11-28-7-3-24)20-33-16-12-29-8-4-25/h6-12,18,23-24,30H,13-17,19H2,1-5H3,(H,32,35);1-20H2;22-25H,1-20H2/t23-,24+;;/m0../s1. The fourth-order valence-electron chi connectivity index (χ4n) is 10.3. The number of nitrogens with one attached hydrogen (secondary N) is 2. The van der Waals surface area contributed by atoms with Gasteiger partial charge in [-0.25, -0.2) is 37.2 Å². The number of rotatable bonds is 68. The summed E-state index contributed by atoms with van der Waals surface area (Å²) >= 11 is 21.8. The Labute approximate surface area is 731 Å². The first kappa shape index (κ1) is 112. The molecule has 0 unspecified atom stereocenters. The third-order valence-electron chi connectivity index (χ3n) is 15.9. The number of aromatic nitrogens is 1. The number of benzene rings is 1. The average Bonchev–Trinajstić information content (AvgIpc) is 1.62. The number of thioether (sulfide) groups is 1. The number of pyridine rings is 1. The molecule has 6 N–H and O–H groups in total. The summed E-state index contributed by atoms with van der Waals surface area (Å²) in [6, 6.07) is 7.42. The number of nitrogens with zero attached hydrogens (tertiary/aromatic N) is 3. The van der Waals surface area contributed by atoms with Crippen LogP contribution in [0.1, 0.15) is 40.2 Å². The molecule has 2 amide bonds. The van der Waals surface area contributed by atoms with Gasteiger partial charge in [-0.1, -0.05) is 12.1 Å². The quantitative estimate of drug-likeness (QED) is 0.0235. The van der Waals surface area contributed by atoms with Crippen molar-refractivity contribution in [3.8, 4) is 5.75 Å². The molecule has 2 saturated heterocycles. The Hall–Kier alpha value is -4.96. The van der Waals surface area contributed by atoms with Gasteiger partial charge >= 0.3 is 33.8 Å². The molecule has 698 valence electrons. The molecule has 2 aliphatic rings. The lowest BCUT2D eigenvalue weighted by atomic mass is 9.92. The lowest BCUT2D eigenvalue weighted by molar-refractivity contribution is -0.158. The van der Waals surface area contributed by atoms with E-state index in [0.717, 1.165) is 4.31 Å². The molecule has 2 aromatic rings. The van der Waals surface area contributed by atoms with Crippen molar-refractivity contribution in [2.75, 3.05) is 296 Å². The van der Waals surface area contributed by atoms with E-state index in [4.69, 9.17) is 152 Å². The summed E-state index contributed by atoms with van der Waals surface area (Å²) in [6.45, 7) is 18.7. The first-order valence-corrected chi connectivity index (χ1v) is 42.8. The van der Waals surface area contributed by atoms with Crippen LogP contribution in [0.15, 0.2) is 53.7 Å². The van der Waals surface area contributed by atoms with Crippen LogP contribution >= 0.6 is 58.2 Å². The SMILES string of the molecule is CC(C)(C)OC(=O)[C@H](Cc1ccc(OC(=O)N2CCNCC2)cc1)NC(=O)[C@H]1N(S(=O)(=O)c2cccnc2)CSC1(C)C.O=C(Cl)OCCOCCOCC(COCCOCCOC(=O)Cl)(COCCOCCOC(=O)Cl)COCCOCCOC(=O)Cl.OCCOCCOCC(COCCOCCO)(COCCOCCO)COCCOCCO. The molecular formula is C75H123Cl4N5O35S2. The molecule has 1 aromatic carbocycles. The Bertz CT molecular complexity index is 2970. The van der Waals surface area contributed by atoms with E-state index in [0.29, 0.717) is 90.3 Å². The van der Waals surface area contributed by atoms with E-state index in [2.05, 4.69) is 34.6 Å². The number of piperazine rings is 1. The third kappa shape index (κ3) is 56.0. The highest BCUT2D eigenvalue weighted by atomic mass is 35.5. The number of aliphatic hydroxyl groups excluding tert-OH is 4. The number of halogens is 4. The third-order valence-corrected chi connectivity index (χ3v) is 19.7. The number of aliphatic hydroxyl groups is 4. The fourth-order valence-corrected chi connectivity index (χ4v) is 13.8. The normalized spacial score (nSPS) is 14.5. The maximum atomic E-state index is 13.8. The van der Waals surface area contributed by atoms with Crippen LogP contribution in [0.3, 0.4) is 0 Å². The maximum Gasteiger partial charge on any atom is 0.415 e. The van der Waals surface area contributed by atoms with Gasteiger partial charge in [0.15, 0.2) is 0 Å². The molecule has 0 spiro atoms. The van der Waals surface area contributed by atoms with E-state index >= 15 is 0 Å². The van der Waals surface area contributed by atoms with Gasteiger partial charge in [-0.2, -0.15) is 4.31 Å². The molecule has 1 aromatic heterocycles. The van der Waals surface area contributed by atoms with Gasteiger partial charge in [0, 0.05) is 96.1 Å². The Balaban J connectivity index is 0.000000623. The van der Waals surface area contributed by atoms with Crippen LogP contribution in [-0.2, 0) is 126 Å². The van der Waals surface area contributed by atoms with E-state index in [-0.39, 0.29) is 229 Å². The van der Waals surface area contributed by atoms with E-state index in [1.54, 1.807) is 63.8 Å². The number of hydrogen-bond donors (Lipinski definition) is 6. The van der Waals surface area contributed by atoms with Crippen LogP contribution in [0.4, 0.5) is 24.0 Å². The smallest absolute Gasteiger partial charge is 0.415 e. The largest absolute Gasteiger partial charge is 0.458 e. The lowest BCUT2D eigenvalue weighted by Crippen LogP contribution is -2.57. The Kier molecular flexibility index (Phi) is 64.1. The van der Waals surface area contributed by atoms with Gasteiger partial charge in [0.1, 0.15) is 54.8 Å². The van der Waals surface area contributed by atoms with E-state index < -0.39 is 83.0 Å². The monoisotopic (exact) mass is 1860 g/mol. The van der Waals surface area contributed by atoms with Crippen LogP contribution in [0.2, 0.25) is 0 Å². The molecule has 3 heterocycles. The van der Waals surface area contributed by atoms with Crippen LogP contribution < -0.4 is 15.4 Å². The van der Waals surface area contributed by atoms with Crippen molar-refractivity contribution in [2.24, 2.45) is 10.8 Å². The Morgan fingerprint density at radius 1 is 0.496 bits per heavy atom. The van der Waals surface area contributed by atoms with Gasteiger partial charge in [0.05, 0.1) is 255 Å². The van der Waals surface area contributed by atoms with Crippen molar-refractivity contribution in [1.82, 2.24) is 24.8 Å². The molecule has 0 radical (unpaired) electrons. The number of sulfonamides is 1. The van der Waals surface area contributed by atoms with Crippen molar-refractivity contribution < 1.29 is 167 Å². The summed E-state index contributed by atoms with van der Waals surface area (Å²) in [6.07, 6.45) is 2.35. The second kappa shape index (κ2) is 69.2. The van der Waals surface area contributed by atoms with E-state index in [9.17, 15) is 42.0 Å². The highest BCUT2D eigenvalue weighted by Crippen LogP contribution is 2.42. The second-order valence-electron chi connectivity index (χ2n) is 27.5. The molecule has 0 saturated carbocycles. The van der Waals surface area contributed by atoms with Crippen LogP contribution in [0, 0.1) is 10.8 Å². The van der Waals surface area contributed by atoms with E-state index in [1.165, 1.54) is 36.3 Å².